The zero-order chi connectivity index (χ0) is 12.6. The molecule has 2 fully saturated rings. The molecule has 2 aliphatic heterocycles. The fourth-order valence-corrected chi connectivity index (χ4v) is 2.53. The largest absolute Gasteiger partial charge is 0.481 e. The third kappa shape index (κ3) is 2.37. The maximum atomic E-state index is 12.2. The molecule has 2 saturated heterocycles. The summed E-state index contributed by atoms with van der Waals surface area (Å²) in [5.74, 6) is -0.614. The summed E-state index contributed by atoms with van der Waals surface area (Å²) >= 11 is 0. The standard InChI is InChI=1S/C12H20N2O3/c1-8-3-4-9(2)14(5-8)12(17)13-6-10(7-13)11(15)16/h8-10H,3-7H2,1-2H3,(H,15,16). The lowest BCUT2D eigenvalue weighted by Gasteiger charge is -2.44. The Labute approximate surface area is 101 Å². The first-order chi connectivity index (χ1) is 7.99. The molecule has 0 aromatic rings. The SMILES string of the molecule is CC1CCC(C)N(C(=O)N2CC(C(=O)O)C2)C1. The van der Waals surface area contributed by atoms with Crippen LogP contribution < -0.4 is 0 Å². The highest BCUT2D eigenvalue weighted by Gasteiger charge is 2.39. The van der Waals surface area contributed by atoms with Crippen LogP contribution in [0.5, 0.6) is 0 Å². The van der Waals surface area contributed by atoms with E-state index in [0.29, 0.717) is 19.0 Å². The highest BCUT2D eigenvalue weighted by atomic mass is 16.4. The lowest BCUT2D eigenvalue weighted by atomic mass is 9.94. The van der Waals surface area contributed by atoms with Gasteiger partial charge >= 0.3 is 12.0 Å². The fraction of sp³-hybridized carbons (Fsp3) is 0.833. The highest BCUT2D eigenvalue weighted by Crippen LogP contribution is 2.25. The molecule has 17 heavy (non-hydrogen) atoms. The smallest absolute Gasteiger partial charge is 0.320 e. The Hall–Kier alpha value is -1.26. The molecular weight excluding hydrogens is 220 g/mol. The van der Waals surface area contributed by atoms with Crippen molar-refractivity contribution in [2.45, 2.75) is 32.7 Å². The molecule has 2 atom stereocenters. The van der Waals surface area contributed by atoms with Crippen LogP contribution in [0.4, 0.5) is 4.79 Å². The van der Waals surface area contributed by atoms with Gasteiger partial charge in [0.1, 0.15) is 0 Å². The number of amides is 2. The van der Waals surface area contributed by atoms with Gasteiger partial charge in [-0.3, -0.25) is 4.79 Å². The van der Waals surface area contributed by atoms with E-state index in [1.54, 1.807) is 4.90 Å². The highest BCUT2D eigenvalue weighted by molar-refractivity contribution is 5.80. The number of hydrogen-bond acceptors (Lipinski definition) is 2. The third-order valence-electron chi connectivity index (χ3n) is 3.86. The first-order valence-corrected chi connectivity index (χ1v) is 6.27. The summed E-state index contributed by atoms with van der Waals surface area (Å²) in [5, 5.41) is 8.79. The van der Waals surface area contributed by atoms with Gasteiger partial charge in [-0.15, -0.1) is 0 Å². The van der Waals surface area contributed by atoms with Crippen molar-refractivity contribution >= 4 is 12.0 Å². The Kier molecular flexibility index (Phi) is 3.26. The monoisotopic (exact) mass is 240 g/mol. The normalized spacial score (nSPS) is 30.0. The van der Waals surface area contributed by atoms with Crippen LogP contribution in [-0.4, -0.2) is 52.6 Å². The van der Waals surface area contributed by atoms with Crippen molar-refractivity contribution < 1.29 is 14.7 Å². The van der Waals surface area contributed by atoms with E-state index in [9.17, 15) is 9.59 Å². The van der Waals surface area contributed by atoms with Crippen molar-refractivity contribution in [2.75, 3.05) is 19.6 Å². The zero-order valence-electron chi connectivity index (χ0n) is 10.4. The third-order valence-corrected chi connectivity index (χ3v) is 3.86. The van der Waals surface area contributed by atoms with Crippen molar-refractivity contribution in [1.82, 2.24) is 9.80 Å². The number of hydrogen-bond donors (Lipinski definition) is 1. The molecule has 1 N–H and O–H groups in total. The van der Waals surface area contributed by atoms with E-state index in [1.165, 1.54) is 6.42 Å². The van der Waals surface area contributed by atoms with Gasteiger partial charge in [0.15, 0.2) is 0 Å². The zero-order valence-corrected chi connectivity index (χ0v) is 10.4. The number of aliphatic carboxylic acids is 1. The molecule has 2 unspecified atom stereocenters. The van der Waals surface area contributed by atoms with Crippen molar-refractivity contribution in [1.29, 1.82) is 0 Å². The lowest BCUT2D eigenvalue weighted by Crippen LogP contribution is -2.59. The molecular formula is C12H20N2O3. The van der Waals surface area contributed by atoms with Gasteiger partial charge in [0.05, 0.1) is 5.92 Å². The number of carbonyl (C=O) groups excluding carboxylic acids is 1. The minimum atomic E-state index is -0.797. The first kappa shape index (κ1) is 12.2. The van der Waals surface area contributed by atoms with Crippen molar-refractivity contribution in [2.24, 2.45) is 11.8 Å². The number of rotatable bonds is 1. The number of urea groups is 1. The summed E-state index contributed by atoms with van der Waals surface area (Å²) in [6, 6.07) is 0.295. The summed E-state index contributed by atoms with van der Waals surface area (Å²) in [7, 11) is 0. The molecule has 0 bridgehead atoms. The van der Waals surface area contributed by atoms with Crippen molar-refractivity contribution in [3.8, 4) is 0 Å². The first-order valence-electron chi connectivity index (χ1n) is 6.27. The van der Waals surface area contributed by atoms with E-state index in [1.807, 2.05) is 4.90 Å². The minimum absolute atomic E-state index is 0.0153. The molecule has 2 heterocycles. The molecule has 0 radical (unpaired) electrons. The minimum Gasteiger partial charge on any atom is -0.481 e. The van der Waals surface area contributed by atoms with Crippen molar-refractivity contribution in [3.05, 3.63) is 0 Å². The number of nitrogens with zero attached hydrogens (tertiary/aromatic N) is 2. The van der Waals surface area contributed by atoms with Gasteiger partial charge in [0.2, 0.25) is 0 Å². The number of carboxylic acids is 1. The second-order valence-corrected chi connectivity index (χ2v) is 5.41. The average Bonchev–Trinajstić information content (AvgIpc) is 2.18. The maximum Gasteiger partial charge on any atom is 0.320 e. The lowest BCUT2D eigenvalue weighted by molar-refractivity contribution is -0.146. The van der Waals surface area contributed by atoms with Crippen LogP contribution in [0.3, 0.4) is 0 Å². The van der Waals surface area contributed by atoms with Crippen LogP contribution >= 0.6 is 0 Å². The van der Waals surface area contributed by atoms with Crippen LogP contribution in [0, 0.1) is 11.8 Å². The molecule has 96 valence electrons. The maximum absolute atomic E-state index is 12.2. The summed E-state index contributed by atoms with van der Waals surface area (Å²) < 4.78 is 0. The number of piperidine rings is 1. The molecule has 0 spiro atoms. The topological polar surface area (TPSA) is 60.9 Å². The number of likely N-dealkylation sites (tertiary alicyclic amines) is 2. The van der Waals surface area contributed by atoms with Gasteiger partial charge in [0.25, 0.3) is 0 Å². The van der Waals surface area contributed by atoms with Crippen molar-refractivity contribution in [3.63, 3.8) is 0 Å². The van der Waals surface area contributed by atoms with Crippen LogP contribution in [-0.2, 0) is 4.79 Å². The van der Waals surface area contributed by atoms with Crippen LogP contribution in [0.15, 0.2) is 0 Å². The molecule has 0 aromatic heterocycles. The Morgan fingerprint density at radius 3 is 2.35 bits per heavy atom. The number of carbonyl (C=O) groups is 2. The predicted molar refractivity (Wildman–Crippen MR) is 62.7 cm³/mol. The van der Waals surface area contributed by atoms with E-state index in [-0.39, 0.29) is 18.0 Å². The van der Waals surface area contributed by atoms with Crippen LogP contribution in [0.1, 0.15) is 26.7 Å². The molecule has 2 aliphatic rings. The van der Waals surface area contributed by atoms with Crippen LogP contribution in [0.25, 0.3) is 0 Å². The Bertz CT molecular complexity index is 326. The molecule has 5 nitrogen and oxygen atoms in total. The Balaban J connectivity index is 1.90. The molecule has 2 rings (SSSR count). The molecule has 0 aromatic carbocycles. The summed E-state index contributed by atoms with van der Waals surface area (Å²) in [6.07, 6.45) is 2.21. The van der Waals surface area contributed by atoms with E-state index in [2.05, 4.69) is 13.8 Å². The quantitative estimate of drug-likeness (QED) is 0.750. The fourth-order valence-electron chi connectivity index (χ4n) is 2.53. The summed E-state index contributed by atoms with van der Waals surface area (Å²) in [5.41, 5.74) is 0. The summed E-state index contributed by atoms with van der Waals surface area (Å²) in [6.45, 7) is 5.76. The van der Waals surface area contributed by atoms with E-state index in [0.717, 1.165) is 13.0 Å². The second-order valence-electron chi connectivity index (χ2n) is 5.41. The Morgan fingerprint density at radius 1 is 1.12 bits per heavy atom. The Morgan fingerprint density at radius 2 is 1.76 bits per heavy atom. The molecule has 5 heteroatoms. The average molecular weight is 240 g/mol. The molecule has 0 aliphatic carbocycles. The van der Waals surface area contributed by atoms with Gasteiger partial charge < -0.3 is 14.9 Å². The predicted octanol–water partition coefficient (Wildman–Crippen LogP) is 1.24. The van der Waals surface area contributed by atoms with Gasteiger partial charge in [-0.05, 0) is 25.7 Å². The van der Waals surface area contributed by atoms with Crippen LogP contribution in [0.2, 0.25) is 0 Å². The van der Waals surface area contributed by atoms with Gasteiger partial charge in [-0.25, -0.2) is 4.79 Å². The van der Waals surface area contributed by atoms with Gasteiger partial charge in [0, 0.05) is 25.7 Å². The summed E-state index contributed by atoms with van der Waals surface area (Å²) in [4.78, 5) is 26.4. The van der Waals surface area contributed by atoms with E-state index >= 15 is 0 Å². The second kappa shape index (κ2) is 4.55. The van der Waals surface area contributed by atoms with E-state index in [4.69, 9.17) is 5.11 Å². The van der Waals surface area contributed by atoms with Gasteiger partial charge in [-0.1, -0.05) is 6.92 Å². The number of carboxylic acid groups (broad SMARTS) is 1. The van der Waals surface area contributed by atoms with Gasteiger partial charge in [-0.2, -0.15) is 0 Å². The van der Waals surface area contributed by atoms with E-state index < -0.39 is 5.97 Å². The molecule has 0 saturated carbocycles. The molecule has 2 amide bonds.